The Hall–Kier alpha value is -1.61. The highest BCUT2D eigenvalue weighted by atomic mass is 19.4. The molecule has 0 bridgehead atoms. The van der Waals surface area contributed by atoms with Gasteiger partial charge in [-0.25, -0.2) is 9.97 Å². The fourth-order valence-electron chi connectivity index (χ4n) is 1.93. The molecule has 1 aromatic rings. The molecule has 2 unspecified atom stereocenters. The molecule has 112 valence electrons. The maximum absolute atomic E-state index is 12.5. The fraction of sp³-hybridized carbons (Fsp3) is 0.636. The van der Waals surface area contributed by atoms with Crippen LogP contribution in [-0.4, -0.2) is 39.9 Å². The lowest BCUT2D eigenvalue weighted by molar-refractivity contribution is -0.144. The maximum Gasteiger partial charge on any atom is 0.451 e. The van der Waals surface area contributed by atoms with Crippen LogP contribution in [0.2, 0.25) is 0 Å². The predicted molar refractivity (Wildman–Crippen MR) is 64.9 cm³/mol. The predicted octanol–water partition coefficient (Wildman–Crippen LogP) is 1.03. The molecular formula is C11H15F3N4O2. The van der Waals surface area contributed by atoms with Gasteiger partial charge in [-0.05, 0) is 6.92 Å². The Morgan fingerprint density at radius 3 is 2.80 bits per heavy atom. The smallest absolute Gasteiger partial charge is 0.385 e. The standard InChI is InChI=1S/C11H15F3N4O2/c1-6-10(19,2-3-20-6)5-16-8-4-7(15)17-9(18-8)11(12,13)14/h4,6,19H,2-3,5H2,1H3,(H3,15,16,17,18). The molecule has 9 heteroatoms. The molecule has 4 N–H and O–H groups in total. The Kier molecular flexibility index (Phi) is 3.74. The number of nitrogens with zero attached hydrogens (tertiary/aromatic N) is 2. The van der Waals surface area contributed by atoms with E-state index in [1.807, 2.05) is 0 Å². The zero-order valence-electron chi connectivity index (χ0n) is 10.7. The first-order chi connectivity index (χ1) is 9.21. The first-order valence-electron chi connectivity index (χ1n) is 6.00. The average Bonchev–Trinajstić information content (AvgIpc) is 2.66. The number of ether oxygens (including phenoxy) is 1. The summed E-state index contributed by atoms with van der Waals surface area (Å²) in [7, 11) is 0. The van der Waals surface area contributed by atoms with E-state index in [0.29, 0.717) is 13.0 Å². The minimum atomic E-state index is -4.67. The van der Waals surface area contributed by atoms with Gasteiger partial charge in [0.1, 0.15) is 17.2 Å². The summed E-state index contributed by atoms with van der Waals surface area (Å²) in [5, 5.41) is 12.9. The molecule has 2 heterocycles. The van der Waals surface area contributed by atoms with Crippen molar-refractivity contribution in [3.05, 3.63) is 11.9 Å². The molecular weight excluding hydrogens is 277 g/mol. The largest absolute Gasteiger partial charge is 0.451 e. The highest BCUT2D eigenvalue weighted by Gasteiger charge is 2.40. The van der Waals surface area contributed by atoms with Crippen LogP contribution in [0.5, 0.6) is 0 Å². The number of nitrogen functional groups attached to an aromatic ring is 1. The topological polar surface area (TPSA) is 93.3 Å². The van der Waals surface area contributed by atoms with Crippen molar-refractivity contribution in [2.75, 3.05) is 24.2 Å². The van der Waals surface area contributed by atoms with Gasteiger partial charge in [0, 0.05) is 25.6 Å². The monoisotopic (exact) mass is 292 g/mol. The van der Waals surface area contributed by atoms with Gasteiger partial charge in [0.15, 0.2) is 0 Å². The van der Waals surface area contributed by atoms with E-state index in [1.54, 1.807) is 6.92 Å². The maximum atomic E-state index is 12.5. The molecule has 1 fully saturated rings. The van der Waals surface area contributed by atoms with Gasteiger partial charge in [-0.1, -0.05) is 0 Å². The number of nitrogens with one attached hydrogen (secondary N) is 1. The number of alkyl halides is 3. The summed E-state index contributed by atoms with van der Waals surface area (Å²) in [6, 6.07) is 1.18. The van der Waals surface area contributed by atoms with E-state index < -0.39 is 23.7 Å². The van der Waals surface area contributed by atoms with Crippen LogP contribution in [0.25, 0.3) is 0 Å². The molecule has 0 amide bonds. The van der Waals surface area contributed by atoms with Crippen molar-refractivity contribution in [2.24, 2.45) is 0 Å². The summed E-state index contributed by atoms with van der Waals surface area (Å²) in [4.78, 5) is 6.47. The molecule has 1 aliphatic rings. The second-order valence-electron chi connectivity index (χ2n) is 4.72. The first kappa shape index (κ1) is 14.8. The Balaban J connectivity index is 2.12. The van der Waals surface area contributed by atoms with E-state index >= 15 is 0 Å². The first-order valence-corrected chi connectivity index (χ1v) is 6.00. The number of rotatable bonds is 3. The van der Waals surface area contributed by atoms with Crippen LogP contribution in [0.3, 0.4) is 0 Å². The van der Waals surface area contributed by atoms with Crippen molar-refractivity contribution in [1.82, 2.24) is 9.97 Å². The van der Waals surface area contributed by atoms with Gasteiger partial charge in [-0.2, -0.15) is 13.2 Å². The van der Waals surface area contributed by atoms with E-state index in [4.69, 9.17) is 10.5 Å². The molecule has 2 rings (SSSR count). The third-order valence-electron chi connectivity index (χ3n) is 3.23. The fourth-order valence-corrected chi connectivity index (χ4v) is 1.93. The molecule has 1 aromatic heterocycles. The van der Waals surface area contributed by atoms with Crippen LogP contribution in [0, 0.1) is 0 Å². The van der Waals surface area contributed by atoms with Gasteiger partial charge in [0.25, 0.3) is 0 Å². The second kappa shape index (κ2) is 5.06. The zero-order valence-corrected chi connectivity index (χ0v) is 10.7. The zero-order chi connectivity index (χ0) is 15.0. The highest BCUT2D eigenvalue weighted by molar-refractivity contribution is 5.45. The van der Waals surface area contributed by atoms with Crippen molar-refractivity contribution in [3.63, 3.8) is 0 Å². The third-order valence-corrected chi connectivity index (χ3v) is 3.23. The van der Waals surface area contributed by atoms with E-state index in [1.165, 1.54) is 6.07 Å². The number of aliphatic hydroxyl groups is 1. The van der Waals surface area contributed by atoms with Crippen LogP contribution >= 0.6 is 0 Å². The van der Waals surface area contributed by atoms with E-state index in [0.717, 1.165) is 0 Å². The quantitative estimate of drug-likeness (QED) is 0.770. The molecule has 1 saturated heterocycles. The van der Waals surface area contributed by atoms with Crippen molar-refractivity contribution in [1.29, 1.82) is 0 Å². The van der Waals surface area contributed by atoms with Gasteiger partial charge in [-0.15, -0.1) is 0 Å². The highest BCUT2D eigenvalue weighted by Crippen LogP contribution is 2.29. The van der Waals surface area contributed by atoms with E-state index in [9.17, 15) is 18.3 Å². The van der Waals surface area contributed by atoms with Crippen LogP contribution in [0.4, 0.5) is 24.8 Å². The lowest BCUT2D eigenvalue weighted by Gasteiger charge is -2.26. The summed E-state index contributed by atoms with van der Waals surface area (Å²) in [5.74, 6) is -1.70. The molecule has 0 saturated carbocycles. The molecule has 0 aromatic carbocycles. The number of nitrogens with two attached hydrogens (primary N) is 1. The average molecular weight is 292 g/mol. The lowest BCUT2D eigenvalue weighted by atomic mass is 9.97. The van der Waals surface area contributed by atoms with Crippen LogP contribution < -0.4 is 11.1 Å². The van der Waals surface area contributed by atoms with Crippen LogP contribution in [-0.2, 0) is 10.9 Å². The number of halogens is 3. The summed E-state index contributed by atoms with van der Waals surface area (Å²) < 4.78 is 42.9. The minimum absolute atomic E-state index is 0.0158. The Bertz CT molecular complexity index is 497. The number of aromatic nitrogens is 2. The van der Waals surface area contributed by atoms with Gasteiger partial charge in [-0.3, -0.25) is 0 Å². The lowest BCUT2D eigenvalue weighted by Crippen LogP contribution is -2.43. The van der Waals surface area contributed by atoms with Gasteiger partial charge in [0.05, 0.1) is 6.10 Å². The van der Waals surface area contributed by atoms with Crippen molar-refractivity contribution < 1.29 is 23.0 Å². The number of hydrogen-bond acceptors (Lipinski definition) is 6. The summed E-state index contributed by atoms with van der Waals surface area (Å²) in [6.45, 7) is 2.12. The normalized spacial score (nSPS) is 26.8. The Labute approximate surface area is 113 Å². The Morgan fingerprint density at radius 1 is 1.55 bits per heavy atom. The molecule has 0 spiro atoms. The molecule has 6 nitrogen and oxygen atoms in total. The van der Waals surface area contributed by atoms with Gasteiger partial charge in [0.2, 0.25) is 5.82 Å². The van der Waals surface area contributed by atoms with Crippen molar-refractivity contribution in [2.45, 2.75) is 31.2 Å². The molecule has 1 aliphatic heterocycles. The Morgan fingerprint density at radius 2 is 2.25 bits per heavy atom. The van der Waals surface area contributed by atoms with Crippen LogP contribution in [0.1, 0.15) is 19.2 Å². The van der Waals surface area contributed by atoms with Crippen molar-refractivity contribution >= 4 is 11.6 Å². The van der Waals surface area contributed by atoms with Crippen molar-refractivity contribution in [3.8, 4) is 0 Å². The van der Waals surface area contributed by atoms with E-state index in [2.05, 4.69) is 15.3 Å². The minimum Gasteiger partial charge on any atom is -0.385 e. The number of anilines is 2. The van der Waals surface area contributed by atoms with Gasteiger partial charge >= 0.3 is 6.18 Å². The molecule has 20 heavy (non-hydrogen) atoms. The van der Waals surface area contributed by atoms with Crippen LogP contribution in [0.15, 0.2) is 6.07 Å². The second-order valence-corrected chi connectivity index (χ2v) is 4.72. The summed E-state index contributed by atoms with van der Waals surface area (Å²) in [5.41, 5.74) is 4.18. The molecule has 0 aliphatic carbocycles. The molecule has 2 atom stereocenters. The summed E-state index contributed by atoms with van der Waals surface area (Å²) in [6.07, 6.45) is -4.68. The van der Waals surface area contributed by atoms with Gasteiger partial charge < -0.3 is 20.9 Å². The SMILES string of the molecule is CC1OCCC1(O)CNc1cc(N)nc(C(F)(F)F)n1. The van der Waals surface area contributed by atoms with E-state index in [-0.39, 0.29) is 18.2 Å². The summed E-state index contributed by atoms with van der Waals surface area (Å²) >= 11 is 0. The third kappa shape index (κ3) is 3.10. The number of hydrogen-bond donors (Lipinski definition) is 3. The molecule has 0 radical (unpaired) electrons.